The highest BCUT2D eigenvalue weighted by molar-refractivity contribution is 9.10. The van der Waals surface area contributed by atoms with Gasteiger partial charge in [0.25, 0.3) is 0 Å². The van der Waals surface area contributed by atoms with Crippen LogP contribution in [0.2, 0.25) is 0 Å². The van der Waals surface area contributed by atoms with Gasteiger partial charge in [-0.3, -0.25) is 0 Å². The van der Waals surface area contributed by atoms with E-state index in [4.69, 9.17) is 10.9 Å². The Hall–Kier alpha value is -1.12. The summed E-state index contributed by atoms with van der Waals surface area (Å²) in [5, 5.41) is 11.2. The van der Waals surface area contributed by atoms with Gasteiger partial charge in [0, 0.05) is 24.5 Å². The zero-order chi connectivity index (χ0) is 13.8. The fourth-order valence-electron chi connectivity index (χ4n) is 1.25. The molecule has 3 N–H and O–H groups in total. The first-order valence-corrected chi connectivity index (χ1v) is 7.29. The topological polar surface area (TPSA) is 96.0 Å². The highest BCUT2D eigenvalue weighted by Crippen LogP contribution is 2.19. The van der Waals surface area contributed by atoms with E-state index in [9.17, 15) is 8.42 Å². The molecule has 0 spiro atoms. The summed E-state index contributed by atoms with van der Waals surface area (Å²) < 4.78 is 26.1. The van der Waals surface area contributed by atoms with Crippen LogP contribution in [0.1, 0.15) is 6.42 Å². The van der Waals surface area contributed by atoms with E-state index in [1.165, 1.54) is 19.2 Å². The quantitative estimate of drug-likeness (QED) is 0.366. The second-order valence-corrected chi connectivity index (χ2v) is 6.59. The van der Waals surface area contributed by atoms with Crippen molar-refractivity contribution in [3.63, 3.8) is 0 Å². The van der Waals surface area contributed by atoms with Gasteiger partial charge in [-0.15, -0.1) is 0 Å². The first-order chi connectivity index (χ1) is 8.37. The van der Waals surface area contributed by atoms with Crippen LogP contribution in [0.4, 0.5) is 0 Å². The molecule has 1 rings (SSSR count). The highest BCUT2D eigenvalue weighted by atomic mass is 79.9. The number of nitrogens with two attached hydrogens (primary N) is 1. The van der Waals surface area contributed by atoms with Gasteiger partial charge >= 0.3 is 0 Å². The van der Waals surface area contributed by atoms with Crippen LogP contribution < -0.4 is 5.73 Å². The predicted molar refractivity (Wildman–Crippen MR) is 72.0 cm³/mol. The van der Waals surface area contributed by atoms with Gasteiger partial charge < -0.3 is 10.9 Å². The Balaban J connectivity index is 2.87. The first-order valence-electron chi connectivity index (χ1n) is 5.06. The van der Waals surface area contributed by atoms with Crippen LogP contribution in [-0.2, 0) is 10.0 Å². The maximum absolute atomic E-state index is 12.1. The largest absolute Gasteiger partial charge is 0.409 e. The van der Waals surface area contributed by atoms with Crippen LogP contribution in [-0.4, -0.2) is 37.4 Å². The molecule has 1 aromatic rings. The Bertz CT molecular complexity index is 545. The summed E-state index contributed by atoms with van der Waals surface area (Å²) in [6.07, 6.45) is 0.167. The zero-order valence-electron chi connectivity index (χ0n) is 9.75. The van der Waals surface area contributed by atoms with Crippen molar-refractivity contribution in [2.45, 2.75) is 11.3 Å². The third kappa shape index (κ3) is 3.69. The van der Waals surface area contributed by atoms with E-state index in [-0.39, 0.29) is 23.7 Å². The van der Waals surface area contributed by atoms with Crippen LogP contribution in [0.3, 0.4) is 0 Å². The smallest absolute Gasteiger partial charge is 0.242 e. The van der Waals surface area contributed by atoms with Crippen LogP contribution >= 0.6 is 15.9 Å². The molecule has 0 aliphatic heterocycles. The lowest BCUT2D eigenvalue weighted by atomic mass is 10.4. The van der Waals surface area contributed by atoms with E-state index in [2.05, 4.69) is 21.1 Å². The molecule has 0 fully saturated rings. The molecule has 0 amide bonds. The number of sulfonamides is 1. The summed E-state index contributed by atoms with van der Waals surface area (Å²) in [4.78, 5) is 0.193. The SMILES string of the molecule is CN(CC/C(N)=N/O)S(=O)(=O)c1cccc(Br)c1. The standard InChI is InChI=1S/C10H14BrN3O3S/c1-14(6-5-10(12)13-15)18(16,17)9-4-2-3-8(11)7-9/h2-4,7,15H,5-6H2,1H3,(H2,12,13). The molecule has 0 radical (unpaired) electrons. The minimum atomic E-state index is -3.55. The molecule has 0 bridgehead atoms. The summed E-state index contributed by atoms with van der Waals surface area (Å²) >= 11 is 3.22. The van der Waals surface area contributed by atoms with Crippen molar-refractivity contribution in [1.29, 1.82) is 0 Å². The molecule has 0 saturated carbocycles. The number of amidine groups is 1. The van der Waals surface area contributed by atoms with E-state index in [1.807, 2.05) is 0 Å². The summed E-state index contributed by atoms with van der Waals surface area (Å²) in [7, 11) is -2.11. The van der Waals surface area contributed by atoms with Gasteiger partial charge in [0.1, 0.15) is 5.84 Å². The van der Waals surface area contributed by atoms with E-state index >= 15 is 0 Å². The summed E-state index contributed by atoms with van der Waals surface area (Å²) in [6, 6.07) is 6.43. The van der Waals surface area contributed by atoms with Crippen LogP contribution in [0.5, 0.6) is 0 Å². The number of nitrogens with zero attached hydrogens (tertiary/aromatic N) is 2. The van der Waals surface area contributed by atoms with Crippen LogP contribution in [0.25, 0.3) is 0 Å². The van der Waals surface area contributed by atoms with Crippen molar-refractivity contribution >= 4 is 31.8 Å². The molecule has 0 aliphatic rings. The van der Waals surface area contributed by atoms with Gasteiger partial charge in [0.2, 0.25) is 10.0 Å². The number of benzene rings is 1. The van der Waals surface area contributed by atoms with Gasteiger partial charge in [-0.2, -0.15) is 0 Å². The predicted octanol–water partition coefficient (Wildman–Crippen LogP) is 1.21. The van der Waals surface area contributed by atoms with Crippen molar-refractivity contribution in [1.82, 2.24) is 4.31 Å². The third-order valence-corrected chi connectivity index (χ3v) is 4.66. The molecule has 6 nitrogen and oxygen atoms in total. The molecule has 100 valence electrons. The second kappa shape index (κ2) is 6.17. The molecule has 18 heavy (non-hydrogen) atoms. The Morgan fingerprint density at radius 3 is 2.78 bits per heavy atom. The summed E-state index contributed by atoms with van der Waals surface area (Å²) in [6.45, 7) is 0.144. The normalized spacial score (nSPS) is 12.9. The van der Waals surface area contributed by atoms with Gasteiger partial charge in [-0.1, -0.05) is 27.2 Å². The number of oxime groups is 1. The molecule has 0 heterocycles. The lowest BCUT2D eigenvalue weighted by molar-refractivity contribution is 0.316. The van der Waals surface area contributed by atoms with E-state index in [1.54, 1.807) is 12.1 Å². The van der Waals surface area contributed by atoms with Crippen molar-refractivity contribution < 1.29 is 13.6 Å². The number of hydrogen-bond donors (Lipinski definition) is 2. The molecule has 1 aromatic carbocycles. The zero-order valence-corrected chi connectivity index (χ0v) is 12.1. The Labute approximate surface area is 114 Å². The average molecular weight is 336 g/mol. The van der Waals surface area contributed by atoms with Crippen molar-refractivity contribution in [2.24, 2.45) is 10.9 Å². The minimum Gasteiger partial charge on any atom is -0.409 e. The van der Waals surface area contributed by atoms with Gasteiger partial charge in [0.05, 0.1) is 4.90 Å². The Kier molecular flexibility index (Phi) is 5.12. The second-order valence-electron chi connectivity index (χ2n) is 3.63. The van der Waals surface area contributed by atoms with E-state index in [0.29, 0.717) is 4.47 Å². The fourth-order valence-corrected chi connectivity index (χ4v) is 3.02. The number of halogens is 1. The first kappa shape index (κ1) is 14.9. The molecule has 0 aromatic heterocycles. The lowest BCUT2D eigenvalue weighted by Crippen LogP contribution is -2.30. The monoisotopic (exact) mass is 335 g/mol. The van der Waals surface area contributed by atoms with Gasteiger partial charge in [-0.05, 0) is 18.2 Å². The van der Waals surface area contributed by atoms with Crippen molar-refractivity contribution in [2.75, 3.05) is 13.6 Å². The Morgan fingerprint density at radius 2 is 2.22 bits per heavy atom. The molecule has 0 atom stereocenters. The van der Waals surface area contributed by atoms with Crippen LogP contribution in [0, 0.1) is 0 Å². The average Bonchev–Trinajstić information content (AvgIpc) is 2.35. The maximum Gasteiger partial charge on any atom is 0.242 e. The maximum atomic E-state index is 12.1. The third-order valence-electron chi connectivity index (χ3n) is 2.32. The Morgan fingerprint density at radius 1 is 1.56 bits per heavy atom. The fraction of sp³-hybridized carbons (Fsp3) is 0.300. The number of hydrogen-bond acceptors (Lipinski definition) is 4. The summed E-state index contributed by atoms with van der Waals surface area (Å²) in [5.41, 5.74) is 5.30. The van der Waals surface area contributed by atoms with Crippen LogP contribution in [0.15, 0.2) is 38.8 Å². The minimum absolute atomic E-state index is 0.00806. The van der Waals surface area contributed by atoms with E-state index < -0.39 is 10.0 Å². The molecule has 0 aliphatic carbocycles. The molecule has 8 heteroatoms. The lowest BCUT2D eigenvalue weighted by Gasteiger charge is -2.16. The molecular weight excluding hydrogens is 322 g/mol. The molecule has 0 unspecified atom stereocenters. The van der Waals surface area contributed by atoms with Crippen molar-refractivity contribution in [3.8, 4) is 0 Å². The number of rotatable bonds is 5. The van der Waals surface area contributed by atoms with Gasteiger partial charge in [0.15, 0.2) is 0 Å². The summed E-state index contributed by atoms with van der Waals surface area (Å²) in [5.74, 6) is -0.00806. The van der Waals surface area contributed by atoms with Crippen molar-refractivity contribution in [3.05, 3.63) is 28.7 Å². The van der Waals surface area contributed by atoms with E-state index in [0.717, 1.165) is 4.31 Å². The molecular formula is C10H14BrN3O3S. The van der Waals surface area contributed by atoms with Gasteiger partial charge in [-0.25, -0.2) is 12.7 Å². The molecule has 0 saturated heterocycles. The highest BCUT2D eigenvalue weighted by Gasteiger charge is 2.20.